The van der Waals surface area contributed by atoms with Crippen LogP contribution in [0.3, 0.4) is 0 Å². The molecule has 1 aliphatic rings. The van der Waals surface area contributed by atoms with Crippen molar-refractivity contribution in [2.24, 2.45) is 7.05 Å². The zero-order chi connectivity index (χ0) is 17.3. The van der Waals surface area contributed by atoms with Crippen LogP contribution in [0.2, 0.25) is 0 Å². The summed E-state index contributed by atoms with van der Waals surface area (Å²) in [7, 11) is 1.42. The quantitative estimate of drug-likeness (QED) is 0.895. The van der Waals surface area contributed by atoms with E-state index in [1.807, 2.05) is 4.90 Å². The van der Waals surface area contributed by atoms with Crippen molar-refractivity contribution in [2.75, 3.05) is 31.1 Å². The molecule has 0 aliphatic carbocycles. The van der Waals surface area contributed by atoms with E-state index in [9.17, 15) is 18.4 Å². The average molecular weight is 336 g/mol. The minimum atomic E-state index is -0.582. The maximum Gasteiger partial charge on any atom is 0.329 e. The average Bonchev–Trinajstić information content (AvgIpc) is 2.52. The summed E-state index contributed by atoms with van der Waals surface area (Å²) in [5, 5.41) is 0. The zero-order valence-corrected chi connectivity index (χ0v) is 13.3. The number of aromatic amines is 1. The highest BCUT2D eigenvalue weighted by Gasteiger charge is 2.19. The number of rotatable bonds is 3. The topological polar surface area (TPSA) is 61.3 Å². The lowest BCUT2D eigenvalue weighted by Gasteiger charge is -2.35. The number of piperazine rings is 1. The highest BCUT2D eigenvalue weighted by molar-refractivity contribution is 5.37. The first kappa shape index (κ1) is 16.4. The molecular formula is C16H18F2N4O2. The normalized spacial score (nSPS) is 15.7. The van der Waals surface area contributed by atoms with E-state index in [-0.39, 0.29) is 5.56 Å². The van der Waals surface area contributed by atoms with Crippen LogP contribution in [-0.4, -0.2) is 40.6 Å². The highest BCUT2D eigenvalue weighted by Crippen LogP contribution is 2.14. The Bertz CT molecular complexity index is 802. The lowest BCUT2D eigenvalue weighted by molar-refractivity contribution is 0.248. The van der Waals surface area contributed by atoms with Gasteiger partial charge in [0.1, 0.15) is 17.5 Å². The molecule has 128 valence electrons. The third-order valence-electron chi connectivity index (χ3n) is 4.17. The molecule has 1 saturated heterocycles. The fourth-order valence-corrected chi connectivity index (χ4v) is 2.82. The van der Waals surface area contributed by atoms with E-state index in [0.717, 1.165) is 10.6 Å². The summed E-state index contributed by atoms with van der Waals surface area (Å²) in [5.41, 5.74) is -0.218. The Morgan fingerprint density at radius 1 is 1.00 bits per heavy atom. The fraction of sp³-hybridized carbons (Fsp3) is 0.375. The van der Waals surface area contributed by atoms with Crippen LogP contribution in [-0.2, 0) is 13.6 Å². The number of aromatic nitrogens is 2. The van der Waals surface area contributed by atoms with Gasteiger partial charge in [-0.3, -0.25) is 19.2 Å². The van der Waals surface area contributed by atoms with Gasteiger partial charge >= 0.3 is 5.69 Å². The van der Waals surface area contributed by atoms with E-state index in [4.69, 9.17) is 0 Å². The molecule has 0 bridgehead atoms. The van der Waals surface area contributed by atoms with Crippen LogP contribution in [0.25, 0.3) is 0 Å². The van der Waals surface area contributed by atoms with Crippen LogP contribution in [0.5, 0.6) is 0 Å². The van der Waals surface area contributed by atoms with E-state index in [1.54, 1.807) is 0 Å². The third kappa shape index (κ3) is 3.53. The van der Waals surface area contributed by atoms with Gasteiger partial charge in [-0.1, -0.05) is 0 Å². The summed E-state index contributed by atoms with van der Waals surface area (Å²) < 4.78 is 27.5. The standard InChI is InChI=1S/C16H18F2N4O2/c1-20-15(23)9-14(19-16(20)24)22-4-2-21(3-5-22)10-11-6-12(17)8-13(18)7-11/h6-9H,2-5,10H2,1H3,(H,19,24). The number of nitrogens with one attached hydrogen (secondary N) is 1. The Balaban J connectivity index is 1.65. The number of halogens is 2. The van der Waals surface area contributed by atoms with E-state index >= 15 is 0 Å². The van der Waals surface area contributed by atoms with Crippen molar-refractivity contribution in [1.29, 1.82) is 0 Å². The predicted molar refractivity (Wildman–Crippen MR) is 86.2 cm³/mol. The van der Waals surface area contributed by atoms with Crippen molar-refractivity contribution in [3.63, 3.8) is 0 Å². The molecule has 0 radical (unpaired) electrons. The van der Waals surface area contributed by atoms with Gasteiger partial charge in [0.25, 0.3) is 5.56 Å². The first-order valence-electron chi connectivity index (χ1n) is 7.65. The van der Waals surface area contributed by atoms with Gasteiger partial charge < -0.3 is 4.90 Å². The second-order valence-corrected chi connectivity index (χ2v) is 5.90. The van der Waals surface area contributed by atoms with Crippen molar-refractivity contribution in [1.82, 2.24) is 14.5 Å². The Morgan fingerprint density at radius 3 is 2.21 bits per heavy atom. The van der Waals surface area contributed by atoms with Gasteiger partial charge in [-0.25, -0.2) is 13.6 Å². The van der Waals surface area contributed by atoms with Crippen LogP contribution in [0.1, 0.15) is 5.56 Å². The SMILES string of the molecule is Cn1c(=O)cc(N2CCN(Cc3cc(F)cc(F)c3)CC2)[nH]c1=O. The number of hydrogen-bond donors (Lipinski definition) is 1. The van der Waals surface area contributed by atoms with Gasteiger partial charge in [0.05, 0.1) is 0 Å². The lowest BCUT2D eigenvalue weighted by Crippen LogP contribution is -2.47. The van der Waals surface area contributed by atoms with Crippen molar-refractivity contribution < 1.29 is 8.78 Å². The molecule has 3 rings (SSSR count). The molecule has 1 N–H and O–H groups in total. The summed E-state index contributed by atoms with van der Waals surface area (Å²) in [5.74, 6) is -0.665. The molecule has 0 amide bonds. The van der Waals surface area contributed by atoms with Crippen LogP contribution < -0.4 is 16.1 Å². The van der Waals surface area contributed by atoms with E-state index in [1.165, 1.54) is 25.2 Å². The Morgan fingerprint density at radius 2 is 1.62 bits per heavy atom. The fourth-order valence-electron chi connectivity index (χ4n) is 2.82. The summed E-state index contributed by atoms with van der Waals surface area (Å²) in [6.45, 7) is 3.00. The molecule has 0 unspecified atom stereocenters. The smallest absolute Gasteiger partial charge is 0.329 e. The van der Waals surface area contributed by atoms with Crippen LogP contribution >= 0.6 is 0 Å². The van der Waals surface area contributed by atoms with Crippen LogP contribution in [0.15, 0.2) is 33.9 Å². The Labute approximate surface area is 136 Å². The third-order valence-corrected chi connectivity index (χ3v) is 4.17. The molecule has 1 aliphatic heterocycles. The summed E-state index contributed by atoms with van der Waals surface area (Å²) in [6.07, 6.45) is 0. The largest absolute Gasteiger partial charge is 0.355 e. The van der Waals surface area contributed by atoms with Gasteiger partial charge in [0.15, 0.2) is 0 Å². The predicted octanol–water partition coefficient (Wildman–Crippen LogP) is 0.674. The molecule has 6 nitrogen and oxygen atoms in total. The van der Waals surface area contributed by atoms with Crippen molar-refractivity contribution in [2.45, 2.75) is 6.54 Å². The number of anilines is 1. The summed E-state index contributed by atoms with van der Waals surface area (Å²) >= 11 is 0. The molecule has 2 aromatic rings. The zero-order valence-electron chi connectivity index (χ0n) is 13.3. The number of benzene rings is 1. The monoisotopic (exact) mass is 336 g/mol. The van der Waals surface area contributed by atoms with E-state index in [0.29, 0.717) is 44.1 Å². The first-order valence-corrected chi connectivity index (χ1v) is 7.65. The molecule has 24 heavy (non-hydrogen) atoms. The molecule has 1 aromatic carbocycles. The molecule has 0 saturated carbocycles. The molecule has 1 fully saturated rings. The molecule has 1 aromatic heterocycles. The lowest BCUT2D eigenvalue weighted by atomic mass is 10.2. The highest BCUT2D eigenvalue weighted by atomic mass is 19.1. The number of H-pyrrole nitrogens is 1. The molecule has 0 spiro atoms. The Hall–Kier alpha value is -2.48. The van der Waals surface area contributed by atoms with Gasteiger partial charge in [-0.05, 0) is 17.7 Å². The van der Waals surface area contributed by atoms with Crippen molar-refractivity contribution >= 4 is 5.82 Å². The van der Waals surface area contributed by atoms with Crippen LogP contribution in [0.4, 0.5) is 14.6 Å². The van der Waals surface area contributed by atoms with E-state index in [2.05, 4.69) is 9.88 Å². The van der Waals surface area contributed by atoms with Gasteiger partial charge in [0, 0.05) is 51.9 Å². The van der Waals surface area contributed by atoms with Crippen molar-refractivity contribution in [3.8, 4) is 0 Å². The van der Waals surface area contributed by atoms with Gasteiger partial charge in [-0.15, -0.1) is 0 Å². The minimum absolute atomic E-state index is 0.355. The van der Waals surface area contributed by atoms with Gasteiger partial charge in [0.2, 0.25) is 0 Å². The second kappa shape index (κ2) is 6.56. The maximum atomic E-state index is 13.2. The van der Waals surface area contributed by atoms with E-state index < -0.39 is 17.3 Å². The minimum Gasteiger partial charge on any atom is -0.355 e. The van der Waals surface area contributed by atoms with Crippen LogP contribution in [0, 0.1) is 11.6 Å². The number of hydrogen-bond acceptors (Lipinski definition) is 4. The Kier molecular flexibility index (Phi) is 4.48. The maximum absolute atomic E-state index is 13.2. The summed E-state index contributed by atoms with van der Waals surface area (Å²) in [6, 6.07) is 4.91. The van der Waals surface area contributed by atoms with Gasteiger partial charge in [-0.2, -0.15) is 0 Å². The molecular weight excluding hydrogens is 318 g/mol. The van der Waals surface area contributed by atoms with Crippen molar-refractivity contribution in [3.05, 3.63) is 62.3 Å². The second-order valence-electron chi connectivity index (χ2n) is 5.90. The summed E-state index contributed by atoms with van der Waals surface area (Å²) in [4.78, 5) is 30.1. The molecule has 8 heteroatoms. The molecule has 0 atom stereocenters. The molecule has 2 heterocycles. The first-order chi connectivity index (χ1) is 11.4. The number of nitrogens with zero attached hydrogens (tertiary/aromatic N) is 3.